The molecule has 0 aliphatic carbocycles. The highest BCUT2D eigenvalue weighted by Gasteiger charge is 2.14. The Hall–Kier alpha value is -0.120. The van der Waals surface area contributed by atoms with E-state index in [0.29, 0.717) is 12.0 Å². The second kappa shape index (κ2) is 8.21. The minimum Gasteiger partial charge on any atom is -0.383 e. The summed E-state index contributed by atoms with van der Waals surface area (Å²) in [5, 5.41) is 3.37. The van der Waals surface area contributed by atoms with Crippen molar-refractivity contribution in [1.29, 1.82) is 0 Å². The van der Waals surface area contributed by atoms with Crippen molar-refractivity contribution in [3.8, 4) is 0 Å². The van der Waals surface area contributed by atoms with Gasteiger partial charge in [0.15, 0.2) is 0 Å². The van der Waals surface area contributed by atoms with Crippen LogP contribution >= 0.6 is 0 Å². The van der Waals surface area contributed by atoms with Gasteiger partial charge in [-0.2, -0.15) is 0 Å². The van der Waals surface area contributed by atoms with E-state index in [4.69, 9.17) is 4.74 Å². The zero-order chi connectivity index (χ0) is 11.0. The highest BCUT2D eigenvalue weighted by atomic mass is 16.5. The molecule has 1 N–H and O–H groups in total. The second-order valence-electron chi connectivity index (χ2n) is 4.25. The molecular weight excluding hydrogens is 176 g/mol. The molecule has 0 aliphatic rings. The van der Waals surface area contributed by atoms with E-state index in [1.807, 2.05) is 0 Å². The minimum atomic E-state index is 0.488. The van der Waals surface area contributed by atoms with Crippen molar-refractivity contribution < 1.29 is 4.74 Å². The molecule has 0 aromatic carbocycles. The molecule has 0 bridgehead atoms. The number of methoxy groups -OCH3 is 1. The maximum Gasteiger partial charge on any atom is 0.0630 e. The molecule has 3 nitrogen and oxygen atoms in total. The first-order valence-corrected chi connectivity index (χ1v) is 5.51. The van der Waals surface area contributed by atoms with Gasteiger partial charge in [0, 0.05) is 26.2 Å². The van der Waals surface area contributed by atoms with Gasteiger partial charge in [-0.1, -0.05) is 20.8 Å². The van der Waals surface area contributed by atoms with Crippen LogP contribution in [0.25, 0.3) is 0 Å². The Morgan fingerprint density at radius 1 is 1.36 bits per heavy atom. The largest absolute Gasteiger partial charge is 0.383 e. The van der Waals surface area contributed by atoms with Crippen LogP contribution in [-0.4, -0.2) is 51.3 Å². The summed E-state index contributed by atoms with van der Waals surface area (Å²) < 4.78 is 5.22. The van der Waals surface area contributed by atoms with E-state index < -0.39 is 0 Å². The first-order valence-electron chi connectivity index (χ1n) is 5.51. The molecule has 0 radical (unpaired) electrons. The van der Waals surface area contributed by atoms with Gasteiger partial charge in [0.05, 0.1) is 6.61 Å². The van der Waals surface area contributed by atoms with Crippen LogP contribution in [0.3, 0.4) is 0 Å². The van der Waals surface area contributed by atoms with E-state index in [2.05, 4.69) is 38.0 Å². The summed E-state index contributed by atoms with van der Waals surface area (Å²) in [7, 11) is 3.93. The fraction of sp³-hybridized carbons (Fsp3) is 1.00. The van der Waals surface area contributed by atoms with Crippen molar-refractivity contribution >= 4 is 0 Å². The second-order valence-corrected chi connectivity index (χ2v) is 4.25. The molecule has 0 amide bonds. The molecule has 0 heterocycles. The van der Waals surface area contributed by atoms with Gasteiger partial charge in [-0.3, -0.25) is 4.90 Å². The van der Waals surface area contributed by atoms with Crippen LogP contribution in [0.5, 0.6) is 0 Å². The van der Waals surface area contributed by atoms with Gasteiger partial charge >= 0.3 is 0 Å². The highest BCUT2D eigenvalue weighted by Crippen LogP contribution is 2.01. The van der Waals surface area contributed by atoms with Crippen molar-refractivity contribution in [2.75, 3.05) is 40.4 Å². The van der Waals surface area contributed by atoms with Crippen LogP contribution in [0.1, 0.15) is 20.8 Å². The molecular formula is C11H26N2O. The minimum absolute atomic E-state index is 0.488. The third-order valence-electron chi connectivity index (χ3n) is 2.27. The Morgan fingerprint density at radius 3 is 2.43 bits per heavy atom. The topological polar surface area (TPSA) is 24.5 Å². The fourth-order valence-corrected chi connectivity index (χ4v) is 1.57. The number of likely N-dealkylation sites (N-methyl/N-ethyl adjacent to an activating group) is 2. The van der Waals surface area contributed by atoms with Gasteiger partial charge in [0.1, 0.15) is 0 Å². The molecule has 0 aliphatic heterocycles. The summed E-state index contributed by atoms with van der Waals surface area (Å²) in [6.07, 6.45) is 0. The summed E-state index contributed by atoms with van der Waals surface area (Å²) in [4.78, 5) is 2.37. The van der Waals surface area contributed by atoms with Crippen molar-refractivity contribution in [2.24, 2.45) is 5.92 Å². The van der Waals surface area contributed by atoms with Crippen LogP contribution in [-0.2, 0) is 4.74 Å². The highest BCUT2D eigenvalue weighted by molar-refractivity contribution is 4.71. The molecule has 0 spiro atoms. The third kappa shape index (κ3) is 6.35. The zero-order valence-electron chi connectivity index (χ0n) is 10.3. The summed E-state index contributed by atoms with van der Waals surface area (Å²) >= 11 is 0. The Labute approximate surface area is 88.8 Å². The predicted octanol–water partition coefficient (Wildman–Crippen LogP) is 1.20. The van der Waals surface area contributed by atoms with E-state index in [1.165, 1.54) is 0 Å². The number of hydrogen-bond donors (Lipinski definition) is 1. The van der Waals surface area contributed by atoms with Gasteiger partial charge in [0.25, 0.3) is 0 Å². The molecule has 0 saturated heterocycles. The number of ether oxygens (including phenoxy) is 1. The van der Waals surface area contributed by atoms with Crippen molar-refractivity contribution in [3.63, 3.8) is 0 Å². The molecule has 0 rings (SSSR count). The quantitative estimate of drug-likeness (QED) is 0.640. The van der Waals surface area contributed by atoms with Crippen LogP contribution in [0.4, 0.5) is 0 Å². The Kier molecular flexibility index (Phi) is 8.14. The van der Waals surface area contributed by atoms with Crippen LogP contribution in [0, 0.1) is 5.92 Å². The normalized spacial score (nSPS) is 13.9. The average molecular weight is 202 g/mol. The summed E-state index contributed by atoms with van der Waals surface area (Å²) in [6, 6.07) is 0.488. The number of rotatable bonds is 8. The van der Waals surface area contributed by atoms with Crippen LogP contribution in [0.15, 0.2) is 0 Å². The van der Waals surface area contributed by atoms with E-state index in [0.717, 1.165) is 26.2 Å². The standard InChI is InChI=1S/C11H26N2O/c1-6-12-7-11(9-14-5)13(4)8-10(2)3/h10-12H,6-9H2,1-5H3. The number of hydrogen-bond acceptors (Lipinski definition) is 3. The number of nitrogens with zero attached hydrogens (tertiary/aromatic N) is 1. The Morgan fingerprint density at radius 2 is 2.00 bits per heavy atom. The van der Waals surface area contributed by atoms with Gasteiger partial charge < -0.3 is 10.1 Å². The molecule has 86 valence electrons. The first kappa shape index (κ1) is 13.9. The molecule has 0 fully saturated rings. The third-order valence-corrected chi connectivity index (χ3v) is 2.27. The van der Waals surface area contributed by atoms with Gasteiger partial charge in [0.2, 0.25) is 0 Å². The van der Waals surface area contributed by atoms with Crippen LogP contribution in [0.2, 0.25) is 0 Å². The van der Waals surface area contributed by atoms with Crippen molar-refractivity contribution in [3.05, 3.63) is 0 Å². The number of nitrogens with one attached hydrogen (secondary N) is 1. The lowest BCUT2D eigenvalue weighted by Gasteiger charge is -2.29. The van der Waals surface area contributed by atoms with Crippen molar-refractivity contribution in [1.82, 2.24) is 10.2 Å². The summed E-state index contributed by atoms with van der Waals surface area (Å²) in [5.41, 5.74) is 0. The smallest absolute Gasteiger partial charge is 0.0630 e. The maximum absolute atomic E-state index is 5.22. The lowest BCUT2D eigenvalue weighted by Crippen LogP contribution is -2.44. The summed E-state index contributed by atoms with van der Waals surface area (Å²) in [6.45, 7) is 10.6. The monoisotopic (exact) mass is 202 g/mol. The fourth-order valence-electron chi connectivity index (χ4n) is 1.57. The maximum atomic E-state index is 5.22. The Balaban J connectivity index is 3.89. The molecule has 0 saturated carbocycles. The van der Waals surface area contributed by atoms with E-state index in [1.54, 1.807) is 7.11 Å². The molecule has 14 heavy (non-hydrogen) atoms. The lowest BCUT2D eigenvalue weighted by atomic mass is 10.2. The van der Waals surface area contributed by atoms with E-state index in [-0.39, 0.29) is 0 Å². The molecule has 0 aromatic heterocycles. The molecule has 1 unspecified atom stereocenters. The van der Waals surface area contributed by atoms with Gasteiger partial charge in [-0.15, -0.1) is 0 Å². The van der Waals surface area contributed by atoms with Crippen LogP contribution < -0.4 is 5.32 Å². The van der Waals surface area contributed by atoms with Crippen molar-refractivity contribution in [2.45, 2.75) is 26.8 Å². The zero-order valence-corrected chi connectivity index (χ0v) is 10.3. The molecule has 1 atom stereocenters. The first-order chi connectivity index (χ1) is 6.61. The van der Waals surface area contributed by atoms with Gasteiger partial charge in [-0.25, -0.2) is 0 Å². The van der Waals surface area contributed by atoms with Gasteiger partial charge in [-0.05, 0) is 19.5 Å². The van der Waals surface area contributed by atoms with E-state index in [9.17, 15) is 0 Å². The molecule has 3 heteroatoms. The van der Waals surface area contributed by atoms with E-state index >= 15 is 0 Å². The summed E-state index contributed by atoms with van der Waals surface area (Å²) in [5.74, 6) is 0.709. The Bertz CT molecular complexity index is 128. The lowest BCUT2D eigenvalue weighted by molar-refractivity contribution is 0.0988. The molecule has 0 aromatic rings. The predicted molar refractivity (Wildman–Crippen MR) is 61.7 cm³/mol. The average Bonchev–Trinajstić information content (AvgIpc) is 2.10. The SMILES string of the molecule is CCNCC(COC)N(C)CC(C)C.